The lowest BCUT2D eigenvalue weighted by atomic mass is 10.0. The smallest absolute Gasteiger partial charge is 0.0458 e. The average Bonchev–Trinajstić information content (AvgIpc) is 2.68. The van der Waals surface area contributed by atoms with E-state index in [0.29, 0.717) is 0 Å². The topological polar surface area (TPSA) is 62.0 Å². The summed E-state index contributed by atoms with van der Waals surface area (Å²) in [6, 6.07) is 6.08. The minimum atomic E-state index is -0.0183. The summed E-state index contributed by atoms with van der Waals surface area (Å²) in [5, 5.41) is 9.95. The molecule has 0 amide bonds. The minimum absolute atomic E-state index is 0. The first kappa shape index (κ1) is 14.5. The van der Waals surface area contributed by atoms with Gasteiger partial charge in [-0.05, 0) is 36.6 Å². The molecule has 1 aromatic heterocycles. The van der Waals surface area contributed by atoms with Gasteiger partial charge >= 0.3 is 0 Å². The lowest BCUT2D eigenvalue weighted by Gasteiger charge is -2.09. The molecule has 2 aromatic rings. The number of nitrogens with one attached hydrogen (secondary N) is 1. The predicted molar refractivity (Wildman–Crippen MR) is 76.5 cm³/mol. The molecule has 5 heteroatoms. The van der Waals surface area contributed by atoms with Crippen molar-refractivity contribution < 1.29 is 5.11 Å². The fourth-order valence-electron chi connectivity index (χ4n) is 1.89. The highest BCUT2D eigenvalue weighted by Crippen LogP contribution is 2.27. The maximum atomic E-state index is 8.80. The van der Waals surface area contributed by atoms with Crippen LogP contribution in [0.1, 0.15) is 24.4 Å². The second kappa shape index (κ2) is 6.40. The number of hydrogen-bond donors (Lipinski definition) is 3. The van der Waals surface area contributed by atoms with E-state index in [0.717, 1.165) is 33.8 Å². The van der Waals surface area contributed by atoms with Gasteiger partial charge in [-0.3, -0.25) is 0 Å². The second-order valence-corrected chi connectivity index (χ2v) is 4.82. The Morgan fingerprint density at radius 2 is 2.18 bits per heavy atom. The third-order valence-corrected chi connectivity index (χ3v) is 3.24. The lowest BCUT2D eigenvalue weighted by Crippen LogP contribution is -2.10. The van der Waals surface area contributed by atoms with Crippen molar-refractivity contribution in [2.75, 3.05) is 6.61 Å². The van der Waals surface area contributed by atoms with Crippen LogP contribution in [0.2, 0.25) is 0 Å². The van der Waals surface area contributed by atoms with Gasteiger partial charge in [-0.25, -0.2) is 0 Å². The Morgan fingerprint density at radius 3 is 2.88 bits per heavy atom. The molecule has 0 fully saturated rings. The van der Waals surface area contributed by atoms with Crippen LogP contribution in [0.5, 0.6) is 0 Å². The van der Waals surface area contributed by atoms with Crippen molar-refractivity contribution in [3.8, 4) is 0 Å². The molecule has 0 saturated heterocycles. The molecule has 4 N–H and O–H groups in total. The van der Waals surface area contributed by atoms with Gasteiger partial charge in [-0.15, -0.1) is 12.4 Å². The molecular weight excluding hydrogens is 304 g/mol. The number of hydrogen-bond acceptors (Lipinski definition) is 2. The molecule has 17 heavy (non-hydrogen) atoms. The third-order valence-electron chi connectivity index (χ3n) is 2.75. The lowest BCUT2D eigenvalue weighted by molar-refractivity contribution is 0.280. The van der Waals surface area contributed by atoms with Crippen LogP contribution in [0.25, 0.3) is 10.9 Å². The molecule has 0 spiro atoms. The van der Waals surface area contributed by atoms with Crippen LogP contribution >= 0.6 is 28.3 Å². The molecule has 0 saturated carbocycles. The number of aromatic amines is 1. The van der Waals surface area contributed by atoms with Crippen molar-refractivity contribution in [2.24, 2.45) is 5.73 Å². The van der Waals surface area contributed by atoms with Gasteiger partial charge in [0.1, 0.15) is 0 Å². The molecule has 1 atom stereocenters. The van der Waals surface area contributed by atoms with Gasteiger partial charge < -0.3 is 15.8 Å². The molecule has 1 aromatic carbocycles. The Morgan fingerprint density at radius 1 is 1.41 bits per heavy atom. The molecular formula is C12H16BrClN2O. The molecule has 0 aliphatic heterocycles. The van der Waals surface area contributed by atoms with Crippen LogP contribution in [-0.2, 0) is 0 Å². The summed E-state index contributed by atoms with van der Waals surface area (Å²) >= 11 is 3.46. The number of fused-ring (bicyclic) bond motifs is 1. The molecule has 0 unspecified atom stereocenters. The quantitative estimate of drug-likeness (QED) is 0.811. The fourth-order valence-corrected chi connectivity index (χ4v) is 2.25. The zero-order valence-electron chi connectivity index (χ0n) is 9.32. The average molecular weight is 320 g/mol. The van der Waals surface area contributed by atoms with Crippen molar-refractivity contribution in [3.63, 3.8) is 0 Å². The van der Waals surface area contributed by atoms with E-state index in [1.54, 1.807) is 0 Å². The Balaban J connectivity index is 0.00000144. The van der Waals surface area contributed by atoms with Crippen molar-refractivity contribution in [2.45, 2.75) is 18.9 Å². The number of benzene rings is 1. The standard InChI is InChI=1S/C12H15BrN2O.ClH/c13-8-3-4-12-9(6-8)10(7-15-12)11(14)2-1-5-16;/h3-4,6-7,11,15-16H,1-2,5,14H2;1H/t11-;/m1./s1. The van der Waals surface area contributed by atoms with Crippen LogP contribution in [0.4, 0.5) is 0 Å². The summed E-state index contributed by atoms with van der Waals surface area (Å²) in [5.41, 5.74) is 8.31. The maximum absolute atomic E-state index is 8.80. The predicted octanol–water partition coefficient (Wildman–Crippen LogP) is 3.12. The first-order valence-electron chi connectivity index (χ1n) is 5.35. The van der Waals surface area contributed by atoms with Crippen molar-refractivity contribution in [1.29, 1.82) is 0 Å². The van der Waals surface area contributed by atoms with Crippen LogP contribution in [0, 0.1) is 0 Å². The monoisotopic (exact) mass is 318 g/mol. The molecule has 94 valence electrons. The van der Waals surface area contributed by atoms with Gasteiger partial charge in [0.2, 0.25) is 0 Å². The van der Waals surface area contributed by atoms with Crippen LogP contribution < -0.4 is 5.73 Å². The van der Waals surface area contributed by atoms with E-state index < -0.39 is 0 Å². The molecule has 0 aliphatic rings. The van der Waals surface area contributed by atoms with Gasteiger partial charge in [0, 0.05) is 34.2 Å². The maximum Gasteiger partial charge on any atom is 0.0458 e. The first-order chi connectivity index (χ1) is 7.72. The van der Waals surface area contributed by atoms with E-state index in [1.807, 2.05) is 18.3 Å². The van der Waals surface area contributed by atoms with Gasteiger partial charge in [-0.2, -0.15) is 0 Å². The van der Waals surface area contributed by atoms with E-state index in [-0.39, 0.29) is 25.1 Å². The minimum Gasteiger partial charge on any atom is -0.396 e. The van der Waals surface area contributed by atoms with Gasteiger partial charge in [0.05, 0.1) is 0 Å². The summed E-state index contributed by atoms with van der Waals surface area (Å²) in [6.45, 7) is 0.194. The SMILES string of the molecule is Cl.N[C@H](CCCO)c1c[nH]c2ccc(Br)cc12. The summed E-state index contributed by atoms with van der Waals surface area (Å²) in [4.78, 5) is 3.21. The number of rotatable bonds is 4. The molecule has 0 aliphatic carbocycles. The van der Waals surface area contributed by atoms with E-state index in [2.05, 4.69) is 27.0 Å². The van der Waals surface area contributed by atoms with E-state index in [4.69, 9.17) is 10.8 Å². The Kier molecular flexibility index (Phi) is 5.46. The van der Waals surface area contributed by atoms with E-state index >= 15 is 0 Å². The molecule has 1 heterocycles. The second-order valence-electron chi connectivity index (χ2n) is 3.91. The first-order valence-corrected chi connectivity index (χ1v) is 6.14. The fraction of sp³-hybridized carbons (Fsp3) is 0.333. The van der Waals surface area contributed by atoms with Crippen molar-refractivity contribution in [1.82, 2.24) is 4.98 Å². The zero-order chi connectivity index (χ0) is 11.5. The Bertz CT molecular complexity index is 486. The Labute approximate surface area is 115 Å². The van der Waals surface area contributed by atoms with Gasteiger partial charge in [0.25, 0.3) is 0 Å². The molecule has 0 bridgehead atoms. The van der Waals surface area contributed by atoms with Gasteiger partial charge in [0.15, 0.2) is 0 Å². The highest BCUT2D eigenvalue weighted by molar-refractivity contribution is 9.10. The highest BCUT2D eigenvalue weighted by Gasteiger charge is 2.11. The summed E-state index contributed by atoms with van der Waals surface area (Å²) in [7, 11) is 0. The third kappa shape index (κ3) is 3.22. The summed E-state index contributed by atoms with van der Waals surface area (Å²) < 4.78 is 1.05. The Hall–Kier alpha value is -0.550. The number of nitrogens with two attached hydrogens (primary N) is 1. The zero-order valence-corrected chi connectivity index (χ0v) is 11.7. The highest BCUT2D eigenvalue weighted by atomic mass is 79.9. The van der Waals surface area contributed by atoms with Gasteiger partial charge in [-0.1, -0.05) is 15.9 Å². The molecule has 3 nitrogen and oxygen atoms in total. The number of aromatic nitrogens is 1. The number of aliphatic hydroxyl groups excluding tert-OH is 1. The number of halogens is 2. The van der Waals surface area contributed by atoms with Crippen molar-refractivity contribution >= 4 is 39.2 Å². The summed E-state index contributed by atoms with van der Waals surface area (Å²) in [5.74, 6) is 0. The number of aliphatic hydroxyl groups is 1. The number of H-pyrrole nitrogens is 1. The van der Waals surface area contributed by atoms with E-state index in [9.17, 15) is 0 Å². The summed E-state index contributed by atoms with van der Waals surface area (Å²) in [6.07, 6.45) is 3.50. The van der Waals surface area contributed by atoms with Crippen LogP contribution in [-0.4, -0.2) is 16.7 Å². The largest absolute Gasteiger partial charge is 0.396 e. The molecule has 2 rings (SSSR count). The van der Waals surface area contributed by atoms with Crippen LogP contribution in [0.15, 0.2) is 28.9 Å². The van der Waals surface area contributed by atoms with Crippen LogP contribution in [0.3, 0.4) is 0 Å². The molecule has 0 radical (unpaired) electrons. The van der Waals surface area contributed by atoms with Crippen molar-refractivity contribution in [3.05, 3.63) is 34.4 Å². The van der Waals surface area contributed by atoms with E-state index in [1.165, 1.54) is 0 Å². The normalized spacial score (nSPS) is 12.4.